The third kappa shape index (κ3) is 8.09. The number of para-hydroxylation sites is 1. The Labute approximate surface area is 306 Å². The molecule has 3 heterocycles. The zero-order valence-electron chi connectivity index (χ0n) is 30.0. The van der Waals surface area contributed by atoms with E-state index in [9.17, 15) is 14.4 Å². The molecule has 4 aromatic carbocycles. The molecule has 0 spiro atoms. The van der Waals surface area contributed by atoms with Gasteiger partial charge in [0.25, 0.3) is 11.8 Å². The Morgan fingerprint density at radius 2 is 1.72 bits per heavy atom. The van der Waals surface area contributed by atoms with Gasteiger partial charge in [-0.25, -0.2) is 0 Å². The van der Waals surface area contributed by atoms with Crippen LogP contribution >= 0.6 is 0 Å². The quantitative estimate of drug-likeness (QED) is 0.134. The molecule has 1 unspecified atom stereocenters. The topological polar surface area (TPSA) is 140 Å². The fourth-order valence-electron chi connectivity index (χ4n) is 6.85. The van der Waals surface area contributed by atoms with Gasteiger partial charge in [-0.15, -0.1) is 0 Å². The summed E-state index contributed by atoms with van der Waals surface area (Å²) in [6.07, 6.45) is 3.94. The molecule has 6 aromatic rings. The number of ether oxygens (including phenoxy) is 2. The first kappa shape index (κ1) is 35.4. The number of benzene rings is 4. The zero-order valence-corrected chi connectivity index (χ0v) is 30.0. The van der Waals surface area contributed by atoms with Gasteiger partial charge in [-0.1, -0.05) is 30.3 Å². The molecule has 2 amide bonds. The summed E-state index contributed by atoms with van der Waals surface area (Å²) in [5.74, 6) is -0.142. The normalized spacial score (nSPS) is 14.2. The van der Waals surface area contributed by atoms with Gasteiger partial charge in [0.2, 0.25) is 0 Å². The molecular formula is C41H42N6O6. The zero-order chi connectivity index (χ0) is 36.9. The summed E-state index contributed by atoms with van der Waals surface area (Å²) >= 11 is 0. The van der Waals surface area contributed by atoms with Crippen molar-refractivity contribution in [3.8, 4) is 11.5 Å². The van der Waals surface area contributed by atoms with Gasteiger partial charge in [0.15, 0.2) is 22.7 Å². The van der Waals surface area contributed by atoms with E-state index in [1.54, 1.807) is 24.3 Å². The minimum absolute atomic E-state index is 0.129. The Hall–Kier alpha value is -5.98. The second kappa shape index (κ2) is 15.7. The number of aromatic nitrogens is 2. The van der Waals surface area contributed by atoms with Crippen LogP contribution in [-0.4, -0.2) is 66.9 Å². The number of aryl methyl sites for hydroxylation is 1. The third-order valence-corrected chi connectivity index (χ3v) is 9.70. The van der Waals surface area contributed by atoms with Crippen molar-refractivity contribution in [3.63, 3.8) is 0 Å². The van der Waals surface area contributed by atoms with Gasteiger partial charge in [0, 0.05) is 49.9 Å². The van der Waals surface area contributed by atoms with Crippen molar-refractivity contribution in [3.05, 3.63) is 124 Å². The minimum Gasteiger partial charge on any atom is -0.493 e. The lowest BCUT2D eigenvalue weighted by Crippen LogP contribution is -2.32. The molecule has 0 bridgehead atoms. The molecule has 12 heteroatoms. The van der Waals surface area contributed by atoms with Crippen molar-refractivity contribution in [2.45, 2.75) is 19.4 Å². The van der Waals surface area contributed by atoms with Crippen LogP contribution in [0.4, 0.5) is 11.4 Å². The third-order valence-electron chi connectivity index (χ3n) is 9.70. The molecule has 3 N–H and O–H groups in total. The second-order valence-electron chi connectivity index (χ2n) is 13.3. The number of carbonyl (C=O) groups excluding carboxylic acids is 2. The van der Waals surface area contributed by atoms with Gasteiger partial charge < -0.3 is 29.8 Å². The fraction of sp³-hybridized carbons (Fsp3) is 0.268. The number of hydrogen-bond acceptors (Lipinski definition) is 9. The van der Waals surface area contributed by atoms with Crippen LogP contribution in [0.1, 0.15) is 38.5 Å². The van der Waals surface area contributed by atoms with Gasteiger partial charge in [0.05, 0.1) is 42.6 Å². The Morgan fingerprint density at radius 3 is 2.49 bits per heavy atom. The van der Waals surface area contributed by atoms with Crippen LogP contribution < -0.4 is 30.9 Å². The van der Waals surface area contributed by atoms with Crippen molar-refractivity contribution in [2.24, 2.45) is 13.0 Å². The van der Waals surface area contributed by atoms with Gasteiger partial charge in [-0.05, 0) is 85.4 Å². The molecule has 1 aliphatic heterocycles. The molecule has 0 aliphatic carbocycles. The Morgan fingerprint density at radius 1 is 0.943 bits per heavy atom. The highest BCUT2D eigenvalue weighted by Gasteiger charge is 2.22. The van der Waals surface area contributed by atoms with E-state index >= 15 is 0 Å². The van der Waals surface area contributed by atoms with Crippen molar-refractivity contribution >= 4 is 45.1 Å². The average Bonchev–Trinajstić information content (AvgIpc) is 3.83. The molecule has 53 heavy (non-hydrogen) atoms. The summed E-state index contributed by atoms with van der Waals surface area (Å²) in [4.78, 5) is 42.2. The molecule has 1 saturated heterocycles. The highest BCUT2D eigenvalue weighted by atomic mass is 16.5. The number of nitrogens with one attached hydrogen (secondary N) is 3. The summed E-state index contributed by atoms with van der Waals surface area (Å²) < 4.78 is 18.5. The highest BCUT2D eigenvalue weighted by molar-refractivity contribution is 6.12. The second-order valence-corrected chi connectivity index (χ2v) is 13.3. The monoisotopic (exact) mass is 714 g/mol. The number of amides is 2. The molecule has 7 rings (SSSR count). The van der Waals surface area contributed by atoms with Gasteiger partial charge >= 0.3 is 0 Å². The fourth-order valence-corrected chi connectivity index (χ4v) is 6.85. The summed E-state index contributed by atoms with van der Waals surface area (Å²) in [6, 6.07) is 25.1. The summed E-state index contributed by atoms with van der Waals surface area (Å²) in [5, 5.41) is 15.1. The Bertz CT molecular complexity index is 2330. The molecule has 1 fully saturated rings. The van der Waals surface area contributed by atoms with Gasteiger partial charge in [0.1, 0.15) is 5.58 Å². The maximum absolute atomic E-state index is 13.7. The van der Waals surface area contributed by atoms with E-state index in [0.717, 1.165) is 61.7 Å². The lowest BCUT2D eigenvalue weighted by Gasteiger charge is -2.25. The van der Waals surface area contributed by atoms with Crippen molar-refractivity contribution in [2.75, 3.05) is 51.0 Å². The van der Waals surface area contributed by atoms with Crippen LogP contribution in [0.2, 0.25) is 0 Å². The average molecular weight is 715 g/mol. The number of hydrogen-bond donors (Lipinski definition) is 3. The summed E-state index contributed by atoms with van der Waals surface area (Å²) in [7, 11) is 4.88. The maximum atomic E-state index is 13.7. The van der Waals surface area contributed by atoms with Gasteiger partial charge in [-0.2, -0.15) is 5.10 Å². The highest BCUT2D eigenvalue weighted by Crippen LogP contribution is 2.34. The van der Waals surface area contributed by atoms with E-state index < -0.39 is 11.8 Å². The number of carbonyl (C=O) groups is 2. The first-order valence-electron chi connectivity index (χ1n) is 17.6. The molecule has 2 aromatic heterocycles. The standard InChI is InChI=1S/C41H42N6O6/c1-46-34-13-10-27(18-29(34)23-43-46)24-47(25-28-14-16-42-22-28)17-15-26-8-11-30(12-9-26)44-40(49)32-19-37(51-2)38(52-3)20-33(32)45-41(50)39-21-35(48)31-6-4-5-7-36(31)53-39/h4-13,18-21,23,28,42H,14-17,22,24-25H2,1-3H3,(H,44,49)(H,45,50). The van der Waals surface area contributed by atoms with Gasteiger partial charge in [-0.3, -0.25) is 24.0 Å². The minimum atomic E-state index is -0.700. The summed E-state index contributed by atoms with van der Waals surface area (Å²) in [6.45, 7) is 4.86. The first-order valence-corrected chi connectivity index (χ1v) is 17.6. The predicted molar refractivity (Wildman–Crippen MR) is 205 cm³/mol. The molecule has 1 atom stereocenters. The first-order chi connectivity index (χ1) is 25.8. The van der Waals surface area contributed by atoms with E-state index in [2.05, 4.69) is 44.1 Å². The molecule has 0 saturated carbocycles. The molecule has 0 radical (unpaired) electrons. The molecular weight excluding hydrogens is 672 g/mol. The number of fused-ring (bicyclic) bond motifs is 2. The van der Waals surface area contributed by atoms with E-state index in [1.807, 2.05) is 42.2 Å². The van der Waals surface area contributed by atoms with Crippen LogP contribution in [0.3, 0.4) is 0 Å². The molecule has 272 valence electrons. The lowest BCUT2D eigenvalue weighted by molar-refractivity contribution is 0.0997. The van der Waals surface area contributed by atoms with Crippen LogP contribution in [0.5, 0.6) is 11.5 Å². The SMILES string of the molecule is COc1cc(NC(=O)c2cc(=O)c3ccccc3o2)c(C(=O)Nc2ccc(CCN(Cc3ccc4c(cnn4C)c3)CC3CCNC3)cc2)cc1OC. The molecule has 12 nitrogen and oxygen atoms in total. The summed E-state index contributed by atoms with van der Waals surface area (Å²) in [5.41, 5.74) is 4.33. The van der Waals surface area contributed by atoms with Crippen molar-refractivity contribution in [1.82, 2.24) is 20.0 Å². The van der Waals surface area contributed by atoms with E-state index in [1.165, 1.54) is 38.3 Å². The maximum Gasteiger partial charge on any atom is 0.291 e. The van der Waals surface area contributed by atoms with Crippen LogP contribution in [0, 0.1) is 5.92 Å². The van der Waals surface area contributed by atoms with Crippen LogP contribution in [0.15, 0.2) is 100 Å². The number of methoxy groups -OCH3 is 2. The number of rotatable bonds is 13. The smallest absolute Gasteiger partial charge is 0.291 e. The largest absolute Gasteiger partial charge is 0.493 e. The Balaban J connectivity index is 1.04. The number of nitrogens with zero attached hydrogens (tertiary/aromatic N) is 3. The van der Waals surface area contributed by atoms with Crippen LogP contribution in [-0.2, 0) is 20.0 Å². The number of anilines is 2. The predicted octanol–water partition coefficient (Wildman–Crippen LogP) is 5.86. The van der Waals surface area contributed by atoms with E-state index in [-0.39, 0.29) is 28.0 Å². The van der Waals surface area contributed by atoms with E-state index in [4.69, 9.17) is 13.9 Å². The molecule has 1 aliphatic rings. The lowest BCUT2D eigenvalue weighted by atomic mass is 10.1. The van der Waals surface area contributed by atoms with Crippen LogP contribution in [0.25, 0.3) is 21.9 Å². The van der Waals surface area contributed by atoms with Crippen molar-refractivity contribution < 1.29 is 23.5 Å². The van der Waals surface area contributed by atoms with E-state index in [0.29, 0.717) is 28.5 Å². The van der Waals surface area contributed by atoms with Crippen molar-refractivity contribution in [1.29, 1.82) is 0 Å². The Kier molecular flexibility index (Phi) is 10.5.